The number of ether oxygens (including phenoxy) is 1. The van der Waals surface area contributed by atoms with Crippen molar-refractivity contribution >= 4 is 23.0 Å². The summed E-state index contributed by atoms with van der Waals surface area (Å²) in [7, 11) is 0. The van der Waals surface area contributed by atoms with E-state index in [-0.39, 0.29) is 12.1 Å². The number of anilines is 1. The first kappa shape index (κ1) is 24.1. The van der Waals surface area contributed by atoms with Crippen LogP contribution in [0.15, 0.2) is 72.9 Å². The predicted octanol–water partition coefficient (Wildman–Crippen LogP) is 6.68. The monoisotopic (exact) mass is 496 g/mol. The van der Waals surface area contributed by atoms with Gasteiger partial charge in [0.15, 0.2) is 5.11 Å². The third-order valence-electron chi connectivity index (χ3n) is 6.92. The van der Waals surface area contributed by atoms with E-state index in [1.807, 2.05) is 37.4 Å². The standard InChI is InChI=1S/C30H32N4OS/c1-6-35-24-14-12-23(13-15-24)34-29(28(32-30(34)36)26-9-7-8-16-31-26)25-18-21(4)33(22(25)5)27-17-19(2)10-11-20(27)3/h7-18,28-29H,6H2,1-5H3,(H,32,36)/t28-,29+/m0/s1. The second kappa shape index (κ2) is 9.78. The zero-order valence-electron chi connectivity index (χ0n) is 21.4. The van der Waals surface area contributed by atoms with Crippen LogP contribution in [0.1, 0.15) is 52.8 Å². The lowest BCUT2D eigenvalue weighted by Crippen LogP contribution is -2.29. The largest absolute Gasteiger partial charge is 0.494 e. The Balaban J connectivity index is 1.66. The third kappa shape index (κ3) is 4.26. The van der Waals surface area contributed by atoms with Gasteiger partial charge < -0.3 is 19.5 Å². The van der Waals surface area contributed by atoms with E-state index < -0.39 is 0 Å². The van der Waals surface area contributed by atoms with Crippen LogP contribution in [0, 0.1) is 27.7 Å². The summed E-state index contributed by atoms with van der Waals surface area (Å²) in [6.45, 7) is 11.3. The van der Waals surface area contributed by atoms with Gasteiger partial charge >= 0.3 is 0 Å². The van der Waals surface area contributed by atoms with Gasteiger partial charge in [-0.05, 0) is 112 Å². The van der Waals surface area contributed by atoms with Crippen molar-refractivity contribution in [2.24, 2.45) is 0 Å². The summed E-state index contributed by atoms with van der Waals surface area (Å²) in [5.74, 6) is 0.852. The van der Waals surface area contributed by atoms with Crippen molar-refractivity contribution in [3.8, 4) is 11.4 Å². The summed E-state index contributed by atoms with van der Waals surface area (Å²) in [5, 5.41) is 4.27. The van der Waals surface area contributed by atoms with Crippen LogP contribution in [-0.4, -0.2) is 21.3 Å². The number of nitrogens with one attached hydrogen (secondary N) is 1. The Kier molecular flexibility index (Phi) is 6.54. The number of rotatable bonds is 6. The van der Waals surface area contributed by atoms with Crippen molar-refractivity contribution in [2.45, 2.75) is 46.7 Å². The van der Waals surface area contributed by atoms with Gasteiger partial charge in [0, 0.05) is 29.0 Å². The van der Waals surface area contributed by atoms with Gasteiger partial charge in [-0.15, -0.1) is 0 Å². The highest BCUT2D eigenvalue weighted by atomic mass is 32.1. The molecule has 2 atom stereocenters. The van der Waals surface area contributed by atoms with Gasteiger partial charge in [0.25, 0.3) is 0 Å². The molecule has 0 aliphatic carbocycles. The molecule has 0 bridgehead atoms. The molecule has 3 heterocycles. The van der Waals surface area contributed by atoms with Crippen molar-refractivity contribution in [3.05, 3.63) is 107 Å². The minimum Gasteiger partial charge on any atom is -0.494 e. The van der Waals surface area contributed by atoms with E-state index in [9.17, 15) is 0 Å². The second-order valence-corrected chi connectivity index (χ2v) is 9.76. The van der Waals surface area contributed by atoms with Crippen LogP contribution in [-0.2, 0) is 0 Å². The summed E-state index contributed by atoms with van der Waals surface area (Å²) < 4.78 is 8.05. The lowest BCUT2D eigenvalue weighted by molar-refractivity contribution is 0.340. The number of thiocarbonyl (C=S) groups is 1. The van der Waals surface area contributed by atoms with E-state index in [1.54, 1.807) is 0 Å². The van der Waals surface area contributed by atoms with Gasteiger partial charge in [-0.25, -0.2) is 0 Å². The minimum absolute atomic E-state index is 0.0598. The molecular weight excluding hydrogens is 464 g/mol. The first-order chi connectivity index (χ1) is 17.4. The van der Waals surface area contributed by atoms with Gasteiger partial charge in [0.05, 0.1) is 24.4 Å². The molecule has 1 fully saturated rings. The van der Waals surface area contributed by atoms with E-state index in [0.29, 0.717) is 11.7 Å². The van der Waals surface area contributed by atoms with Gasteiger partial charge in [-0.1, -0.05) is 18.2 Å². The molecule has 0 unspecified atom stereocenters. The molecule has 2 aromatic heterocycles. The third-order valence-corrected chi connectivity index (χ3v) is 7.23. The van der Waals surface area contributed by atoms with Gasteiger partial charge in [-0.2, -0.15) is 0 Å². The molecule has 5 nitrogen and oxygen atoms in total. The first-order valence-corrected chi connectivity index (χ1v) is 12.8. The Bertz CT molecular complexity index is 1390. The quantitative estimate of drug-likeness (QED) is 0.302. The molecular formula is C30H32N4OS. The fourth-order valence-corrected chi connectivity index (χ4v) is 5.58. The number of hydrogen-bond donors (Lipinski definition) is 1. The molecule has 0 radical (unpaired) electrons. The molecule has 5 rings (SSSR count). The highest BCUT2D eigenvalue weighted by Crippen LogP contribution is 2.44. The molecule has 0 saturated carbocycles. The SMILES string of the molecule is CCOc1ccc(N2C(=S)N[C@@H](c3ccccn3)[C@H]2c2cc(C)n(-c3cc(C)ccc3C)c2C)cc1. The lowest BCUT2D eigenvalue weighted by Gasteiger charge is -2.28. The van der Waals surface area contributed by atoms with Crippen LogP contribution in [0.3, 0.4) is 0 Å². The Labute approximate surface area is 218 Å². The molecule has 36 heavy (non-hydrogen) atoms. The minimum atomic E-state index is -0.0853. The molecule has 1 aliphatic rings. The van der Waals surface area contributed by atoms with Crippen molar-refractivity contribution < 1.29 is 4.74 Å². The smallest absolute Gasteiger partial charge is 0.174 e. The van der Waals surface area contributed by atoms with Crippen LogP contribution in [0.2, 0.25) is 0 Å². The molecule has 184 valence electrons. The van der Waals surface area contributed by atoms with Crippen LogP contribution < -0.4 is 15.0 Å². The molecule has 0 spiro atoms. The zero-order valence-corrected chi connectivity index (χ0v) is 22.3. The van der Waals surface area contributed by atoms with Crippen molar-refractivity contribution in [1.29, 1.82) is 0 Å². The van der Waals surface area contributed by atoms with Crippen molar-refractivity contribution in [2.75, 3.05) is 11.5 Å². The molecule has 1 aliphatic heterocycles. The Morgan fingerprint density at radius 2 is 1.75 bits per heavy atom. The maximum Gasteiger partial charge on any atom is 0.174 e. The van der Waals surface area contributed by atoms with E-state index >= 15 is 0 Å². The summed E-state index contributed by atoms with van der Waals surface area (Å²) in [6, 6.07) is 23.0. The number of nitrogens with zero attached hydrogens (tertiary/aromatic N) is 3. The van der Waals surface area contributed by atoms with E-state index in [2.05, 4.69) is 84.9 Å². The van der Waals surface area contributed by atoms with E-state index in [1.165, 1.54) is 33.8 Å². The number of aryl methyl sites for hydroxylation is 3. The highest BCUT2D eigenvalue weighted by Gasteiger charge is 2.42. The molecule has 0 amide bonds. The van der Waals surface area contributed by atoms with Gasteiger partial charge in [0.2, 0.25) is 0 Å². The van der Waals surface area contributed by atoms with Gasteiger partial charge in [0.1, 0.15) is 5.75 Å². The van der Waals surface area contributed by atoms with Crippen LogP contribution in [0.5, 0.6) is 5.75 Å². The zero-order chi connectivity index (χ0) is 25.4. The van der Waals surface area contributed by atoms with E-state index in [0.717, 1.165) is 17.1 Å². The topological polar surface area (TPSA) is 42.3 Å². The molecule has 2 aromatic carbocycles. The molecule has 1 saturated heterocycles. The predicted molar refractivity (Wildman–Crippen MR) is 150 cm³/mol. The first-order valence-electron chi connectivity index (χ1n) is 12.4. The number of benzene rings is 2. The lowest BCUT2D eigenvalue weighted by atomic mass is 9.96. The summed E-state index contributed by atoms with van der Waals surface area (Å²) in [4.78, 5) is 6.93. The Morgan fingerprint density at radius 1 is 0.972 bits per heavy atom. The highest BCUT2D eigenvalue weighted by molar-refractivity contribution is 7.80. The Hall–Kier alpha value is -3.64. The summed E-state index contributed by atoms with van der Waals surface area (Å²) in [6.07, 6.45) is 1.84. The summed E-state index contributed by atoms with van der Waals surface area (Å²) >= 11 is 5.92. The Morgan fingerprint density at radius 3 is 2.44 bits per heavy atom. The van der Waals surface area contributed by atoms with Crippen molar-refractivity contribution in [1.82, 2.24) is 14.9 Å². The second-order valence-electron chi connectivity index (χ2n) is 9.38. The average Bonchev–Trinajstić information content (AvgIpc) is 3.37. The van der Waals surface area contributed by atoms with Crippen molar-refractivity contribution in [3.63, 3.8) is 0 Å². The molecule has 6 heteroatoms. The maximum absolute atomic E-state index is 5.92. The molecule has 4 aromatic rings. The number of hydrogen-bond acceptors (Lipinski definition) is 3. The number of aromatic nitrogens is 2. The summed E-state index contributed by atoms with van der Waals surface area (Å²) in [5.41, 5.74) is 9.33. The van der Waals surface area contributed by atoms with E-state index in [4.69, 9.17) is 21.9 Å². The maximum atomic E-state index is 5.92. The molecule has 1 N–H and O–H groups in total. The van der Waals surface area contributed by atoms with Crippen LogP contribution in [0.25, 0.3) is 5.69 Å². The van der Waals surface area contributed by atoms with Gasteiger partial charge in [-0.3, -0.25) is 4.98 Å². The van der Waals surface area contributed by atoms with Crippen LogP contribution in [0.4, 0.5) is 5.69 Å². The fraction of sp³-hybridized carbons (Fsp3) is 0.267. The normalized spacial score (nSPS) is 17.4. The van der Waals surface area contributed by atoms with Crippen LogP contribution >= 0.6 is 12.2 Å². The number of pyridine rings is 1. The average molecular weight is 497 g/mol. The fourth-order valence-electron chi connectivity index (χ4n) is 5.24.